The number of nitrogens with zero attached hydrogens (tertiary/aromatic N) is 5. The lowest BCUT2D eigenvalue weighted by atomic mass is 9.94. The average Bonchev–Trinajstić information content (AvgIpc) is 3.28. The van der Waals surface area contributed by atoms with Crippen LogP contribution in [0.2, 0.25) is 0 Å². The lowest BCUT2D eigenvalue weighted by molar-refractivity contribution is -0.0511. The first-order chi connectivity index (χ1) is 13.5. The van der Waals surface area contributed by atoms with Crippen LogP contribution in [0.25, 0.3) is 11.2 Å². The van der Waals surface area contributed by atoms with Gasteiger partial charge in [-0.2, -0.15) is 0 Å². The van der Waals surface area contributed by atoms with Crippen molar-refractivity contribution in [3.63, 3.8) is 0 Å². The van der Waals surface area contributed by atoms with Crippen molar-refractivity contribution in [2.75, 3.05) is 24.8 Å². The zero-order valence-electron chi connectivity index (χ0n) is 16.1. The Hall–Kier alpha value is -1.46. The molecule has 1 saturated heterocycles. The molecule has 1 aliphatic heterocycles. The largest absolute Gasteiger partial charge is 0.394 e. The molecule has 0 aromatic carbocycles. The zero-order valence-corrected chi connectivity index (χ0v) is 16.9. The normalized spacial score (nSPS) is 28.9. The van der Waals surface area contributed by atoms with Gasteiger partial charge in [-0.15, -0.1) is 0 Å². The van der Waals surface area contributed by atoms with Crippen LogP contribution in [0.5, 0.6) is 0 Å². The highest BCUT2D eigenvalue weighted by molar-refractivity contribution is 7.98. The maximum Gasteiger partial charge on any atom is 0.191 e. The van der Waals surface area contributed by atoms with E-state index in [0.717, 1.165) is 18.7 Å². The van der Waals surface area contributed by atoms with E-state index in [1.165, 1.54) is 31.0 Å². The van der Waals surface area contributed by atoms with Crippen LogP contribution in [-0.2, 0) is 4.74 Å². The molecule has 9 nitrogen and oxygen atoms in total. The molecule has 4 rings (SSSR count). The van der Waals surface area contributed by atoms with Gasteiger partial charge >= 0.3 is 0 Å². The third-order valence-corrected chi connectivity index (χ3v) is 6.36. The smallest absolute Gasteiger partial charge is 0.191 e. The summed E-state index contributed by atoms with van der Waals surface area (Å²) in [5.41, 5.74) is 1.19. The van der Waals surface area contributed by atoms with Gasteiger partial charge in [-0.3, -0.25) is 4.57 Å². The monoisotopic (exact) mass is 409 g/mol. The van der Waals surface area contributed by atoms with E-state index in [0.29, 0.717) is 22.4 Å². The Labute approximate surface area is 167 Å². The topological polar surface area (TPSA) is 117 Å². The summed E-state index contributed by atoms with van der Waals surface area (Å²) in [6.45, 7) is -0.373. The van der Waals surface area contributed by atoms with E-state index in [-0.39, 0.29) is 6.61 Å². The number of ether oxygens (including phenoxy) is 1. The van der Waals surface area contributed by atoms with E-state index in [1.807, 2.05) is 13.3 Å². The number of rotatable bonds is 5. The molecular weight excluding hydrogens is 382 g/mol. The summed E-state index contributed by atoms with van der Waals surface area (Å²) in [4.78, 5) is 16.0. The van der Waals surface area contributed by atoms with Gasteiger partial charge in [0.1, 0.15) is 18.3 Å². The van der Waals surface area contributed by atoms with Gasteiger partial charge in [-0.05, 0) is 19.1 Å². The molecule has 28 heavy (non-hydrogen) atoms. The predicted molar refractivity (Wildman–Crippen MR) is 105 cm³/mol. The zero-order chi connectivity index (χ0) is 19.8. The number of hydrogen-bond donors (Lipinski definition) is 3. The first-order valence-electron chi connectivity index (χ1n) is 9.69. The van der Waals surface area contributed by atoms with Gasteiger partial charge in [-0.25, -0.2) is 15.0 Å². The van der Waals surface area contributed by atoms with E-state index in [2.05, 4.69) is 14.9 Å². The molecule has 2 fully saturated rings. The summed E-state index contributed by atoms with van der Waals surface area (Å²) < 4.78 is 7.29. The highest BCUT2D eigenvalue weighted by Crippen LogP contribution is 2.35. The Morgan fingerprint density at radius 1 is 1.21 bits per heavy atom. The molecule has 0 unspecified atom stereocenters. The fourth-order valence-corrected chi connectivity index (χ4v) is 4.51. The van der Waals surface area contributed by atoms with Crippen LogP contribution >= 0.6 is 11.8 Å². The number of aliphatic hydroxyl groups is 3. The third-order valence-electron chi connectivity index (χ3n) is 5.81. The maximum absolute atomic E-state index is 10.4. The van der Waals surface area contributed by atoms with Crippen LogP contribution in [0, 0.1) is 0 Å². The molecular formula is C18H27N5O4S. The van der Waals surface area contributed by atoms with Gasteiger partial charge in [0, 0.05) is 13.1 Å². The number of imidazole rings is 1. The van der Waals surface area contributed by atoms with Gasteiger partial charge in [0.2, 0.25) is 0 Å². The van der Waals surface area contributed by atoms with E-state index >= 15 is 0 Å². The van der Waals surface area contributed by atoms with Crippen molar-refractivity contribution < 1.29 is 20.1 Å². The van der Waals surface area contributed by atoms with Crippen molar-refractivity contribution >= 4 is 28.7 Å². The highest BCUT2D eigenvalue weighted by atomic mass is 32.2. The molecule has 2 aromatic rings. The van der Waals surface area contributed by atoms with Crippen LogP contribution in [0.3, 0.4) is 0 Å². The Morgan fingerprint density at radius 2 is 1.96 bits per heavy atom. The van der Waals surface area contributed by atoms with Gasteiger partial charge < -0.3 is 25.0 Å². The van der Waals surface area contributed by atoms with E-state index in [4.69, 9.17) is 9.72 Å². The molecule has 1 saturated carbocycles. The van der Waals surface area contributed by atoms with Crippen molar-refractivity contribution in [3.05, 3.63) is 6.33 Å². The quantitative estimate of drug-likeness (QED) is 0.490. The van der Waals surface area contributed by atoms with Crippen LogP contribution in [0.1, 0.15) is 38.3 Å². The number of aromatic nitrogens is 4. The van der Waals surface area contributed by atoms with Crippen LogP contribution in [0.4, 0.5) is 5.82 Å². The molecule has 3 heterocycles. The standard InChI is InChI=1S/C18H27N5O4S/c1-22(10-6-4-3-5-7-10)15-12-16(21-18(20-15)28-2)23(9-19-12)17-14(26)13(25)11(8-24)27-17/h9-11,13-14,17,24-26H,3-8H2,1-2H3/t11-,13-,14-,17-/m1/s1. The predicted octanol–water partition coefficient (Wildman–Crippen LogP) is 0.929. The molecule has 0 amide bonds. The minimum atomic E-state index is -1.18. The van der Waals surface area contributed by atoms with Crippen molar-refractivity contribution in [2.45, 2.75) is 67.8 Å². The lowest BCUT2D eigenvalue weighted by Gasteiger charge is -2.32. The van der Waals surface area contributed by atoms with Gasteiger partial charge in [-0.1, -0.05) is 31.0 Å². The summed E-state index contributed by atoms with van der Waals surface area (Å²) in [7, 11) is 2.05. The highest BCUT2D eigenvalue weighted by Gasteiger charge is 2.44. The van der Waals surface area contributed by atoms with E-state index in [9.17, 15) is 15.3 Å². The van der Waals surface area contributed by atoms with Crippen LogP contribution in [-0.4, -0.2) is 79.1 Å². The molecule has 0 spiro atoms. The van der Waals surface area contributed by atoms with Crippen LogP contribution < -0.4 is 4.90 Å². The average molecular weight is 410 g/mol. The van der Waals surface area contributed by atoms with Crippen molar-refractivity contribution in [1.29, 1.82) is 0 Å². The third kappa shape index (κ3) is 3.37. The molecule has 4 atom stereocenters. The molecule has 0 bridgehead atoms. The molecule has 2 aliphatic rings. The maximum atomic E-state index is 10.4. The number of hydrogen-bond acceptors (Lipinski definition) is 9. The lowest BCUT2D eigenvalue weighted by Crippen LogP contribution is -2.34. The molecule has 3 N–H and O–H groups in total. The second kappa shape index (κ2) is 8.11. The second-order valence-electron chi connectivity index (χ2n) is 7.49. The van der Waals surface area contributed by atoms with Crippen molar-refractivity contribution in [2.24, 2.45) is 0 Å². The number of anilines is 1. The van der Waals surface area contributed by atoms with Crippen molar-refractivity contribution in [3.8, 4) is 0 Å². The fraction of sp³-hybridized carbons (Fsp3) is 0.722. The van der Waals surface area contributed by atoms with E-state index < -0.39 is 24.5 Å². The van der Waals surface area contributed by atoms with Crippen molar-refractivity contribution in [1.82, 2.24) is 19.5 Å². The molecule has 2 aromatic heterocycles. The van der Waals surface area contributed by atoms with Crippen LogP contribution in [0.15, 0.2) is 11.5 Å². The molecule has 10 heteroatoms. The Kier molecular flexibility index (Phi) is 5.75. The summed E-state index contributed by atoms with van der Waals surface area (Å²) in [6.07, 6.45) is 5.39. The first kappa shape index (κ1) is 19.8. The molecule has 154 valence electrons. The van der Waals surface area contributed by atoms with Gasteiger partial charge in [0.25, 0.3) is 0 Å². The number of fused-ring (bicyclic) bond motifs is 1. The number of aliphatic hydroxyl groups excluding tert-OH is 3. The SMILES string of the molecule is CSc1nc(N(C)C2CCCCC2)c2ncn([C@@H]3O[C@H](CO)[C@@H](O)[C@H]3O)c2n1. The summed E-state index contributed by atoms with van der Waals surface area (Å²) >= 11 is 1.44. The number of thioether (sulfide) groups is 1. The Balaban J connectivity index is 1.75. The molecule has 1 aliphatic carbocycles. The minimum Gasteiger partial charge on any atom is -0.394 e. The summed E-state index contributed by atoms with van der Waals surface area (Å²) in [5, 5.41) is 30.5. The van der Waals surface area contributed by atoms with E-state index in [1.54, 1.807) is 10.9 Å². The fourth-order valence-electron chi connectivity index (χ4n) is 4.16. The summed E-state index contributed by atoms with van der Waals surface area (Å²) in [5.74, 6) is 0.770. The Bertz CT molecular complexity index is 828. The second-order valence-corrected chi connectivity index (χ2v) is 8.26. The summed E-state index contributed by atoms with van der Waals surface area (Å²) in [6, 6.07) is 0.417. The minimum absolute atomic E-state index is 0.373. The molecule has 0 radical (unpaired) electrons. The first-order valence-corrected chi connectivity index (χ1v) is 10.9. The van der Waals surface area contributed by atoms with Gasteiger partial charge in [0.05, 0.1) is 12.9 Å². The van der Waals surface area contributed by atoms with Gasteiger partial charge in [0.15, 0.2) is 28.4 Å². The Morgan fingerprint density at radius 3 is 2.61 bits per heavy atom.